The molecular weight excluding hydrogens is 262 g/mol. The number of amides is 1. The summed E-state index contributed by atoms with van der Waals surface area (Å²) in [4.78, 5) is 26.8. The first kappa shape index (κ1) is 14.1. The Morgan fingerprint density at radius 1 is 1.47 bits per heavy atom. The van der Waals surface area contributed by atoms with Crippen molar-refractivity contribution in [2.24, 2.45) is 0 Å². The van der Waals surface area contributed by atoms with Gasteiger partial charge in [0.2, 0.25) is 0 Å². The first-order valence-corrected chi connectivity index (χ1v) is 7.61. The molecule has 1 aliphatic rings. The summed E-state index contributed by atoms with van der Waals surface area (Å²) in [7, 11) is 0. The summed E-state index contributed by atoms with van der Waals surface area (Å²) in [6, 6.07) is 1.58. The number of hydrogen-bond acceptors (Lipinski definition) is 4. The van der Waals surface area contributed by atoms with E-state index in [2.05, 4.69) is 0 Å². The Kier molecular flexibility index (Phi) is 4.58. The third-order valence-electron chi connectivity index (χ3n) is 3.39. The number of rotatable bonds is 4. The van der Waals surface area contributed by atoms with Crippen LogP contribution in [-0.2, 0) is 16.0 Å². The number of carbonyl (C=O) groups is 2. The van der Waals surface area contributed by atoms with E-state index in [1.165, 1.54) is 11.3 Å². The molecule has 1 saturated heterocycles. The molecule has 104 valence electrons. The SMILES string of the molecule is CCOC(=O)C1CCCN1C(=O)c1sccc1CC. The highest BCUT2D eigenvalue weighted by Gasteiger charge is 2.36. The molecule has 2 rings (SSSR count). The fourth-order valence-electron chi connectivity index (χ4n) is 2.43. The smallest absolute Gasteiger partial charge is 0.328 e. The van der Waals surface area contributed by atoms with Crippen LogP contribution in [0.5, 0.6) is 0 Å². The standard InChI is InChI=1S/C14H19NO3S/c1-3-10-7-9-19-12(10)13(16)15-8-5-6-11(15)14(17)18-4-2/h7,9,11H,3-6,8H2,1-2H3. The second-order valence-corrected chi connectivity index (χ2v) is 5.45. The van der Waals surface area contributed by atoms with Crippen molar-refractivity contribution in [1.29, 1.82) is 0 Å². The van der Waals surface area contributed by atoms with E-state index in [0.29, 0.717) is 19.6 Å². The quantitative estimate of drug-likeness (QED) is 0.797. The van der Waals surface area contributed by atoms with Crippen LogP contribution in [-0.4, -0.2) is 36.0 Å². The summed E-state index contributed by atoms with van der Waals surface area (Å²) >= 11 is 1.45. The summed E-state index contributed by atoms with van der Waals surface area (Å²) in [6.07, 6.45) is 2.40. The van der Waals surface area contributed by atoms with Crippen LogP contribution in [0, 0.1) is 0 Å². The number of thiophene rings is 1. The highest BCUT2D eigenvalue weighted by atomic mass is 32.1. The van der Waals surface area contributed by atoms with Gasteiger partial charge < -0.3 is 9.64 Å². The Morgan fingerprint density at radius 3 is 2.95 bits per heavy atom. The Balaban J connectivity index is 2.16. The van der Waals surface area contributed by atoms with Gasteiger partial charge >= 0.3 is 5.97 Å². The zero-order valence-electron chi connectivity index (χ0n) is 11.3. The van der Waals surface area contributed by atoms with Crippen molar-refractivity contribution >= 4 is 23.2 Å². The fraction of sp³-hybridized carbons (Fsp3) is 0.571. The van der Waals surface area contributed by atoms with Crippen LogP contribution in [0.2, 0.25) is 0 Å². The number of ether oxygens (including phenoxy) is 1. The van der Waals surface area contributed by atoms with Crippen LogP contribution in [0.3, 0.4) is 0 Å². The van der Waals surface area contributed by atoms with Crippen LogP contribution in [0.25, 0.3) is 0 Å². The molecule has 0 spiro atoms. The van der Waals surface area contributed by atoms with E-state index in [0.717, 1.165) is 23.3 Å². The highest BCUT2D eigenvalue weighted by Crippen LogP contribution is 2.25. The average Bonchev–Trinajstić information content (AvgIpc) is 3.06. The molecule has 5 heteroatoms. The lowest BCUT2D eigenvalue weighted by molar-refractivity contribution is -0.147. The molecule has 0 radical (unpaired) electrons. The lowest BCUT2D eigenvalue weighted by Crippen LogP contribution is -2.41. The molecule has 4 nitrogen and oxygen atoms in total. The molecule has 1 unspecified atom stereocenters. The highest BCUT2D eigenvalue weighted by molar-refractivity contribution is 7.12. The Hall–Kier alpha value is -1.36. The van der Waals surface area contributed by atoms with Gasteiger partial charge in [-0.3, -0.25) is 4.79 Å². The number of carbonyl (C=O) groups excluding carboxylic acids is 2. The lowest BCUT2D eigenvalue weighted by atomic mass is 10.2. The summed E-state index contributed by atoms with van der Waals surface area (Å²) in [6.45, 7) is 4.82. The summed E-state index contributed by atoms with van der Waals surface area (Å²) in [5, 5.41) is 1.93. The summed E-state index contributed by atoms with van der Waals surface area (Å²) < 4.78 is 5.05. The predicted molar refractivity (Wildman–Crippen MR) is 74.4 cm³/mol. The van der Waals surface area contributed by atoms with Crippen molar-refractivity contribution < 1.29 is 14.3 Å². The number of likely N-dealkylation sites (tertiary alicyclic amines) is 1. The van der Waals surface area contributed by atoms with Gasteiger partial charge in [-0.15, -0.1) is 11.3 Å². The monoisotopic (exact) mass is 281 g/mol. The summed E-state index contributed by atoms with van der Waals surface area (Å²) in [5.74, 6) is -0.301. The Labute approximate surface area is 117 Å². The van der Waals surface area contributed by atoms with Crippen LogP contribution >= 0.6 is 11.3 Å². The third-order valence-corrected chi connectivity index (χ3v) is 4.34. The number of hydrogen-bond donors (Lipinski definition) is 0. The maximum Gasteiger partial charge on any atom is 0.328 e. The number of aryl methyl sites for hydroxylation is 1. The van der Waals surface area contributed by atoms with Gasteiger partial charge in [0.1, 0.15) is 6.04 Å². The predicted octanol–water partition coefficient (Wildman–Crippen LogP) is 2.48. The molecule has 0 aromatic carbocycles. The topological polar surface area (TPSA) is 46.6 Å². The zero-order valence-corrected chi connectivity index (χ0v) is 12.2. The van der Waals surface area contributed by atoms with Gasteiger partial charge in [-0.25, -0.2) is 4.79 Å². The van der Waals surface area contributed by atoms with Crippen molar-refractivity contribution in [2.45, 2.75) is 39.2 Å². The van der Waals surface area contributed by atoms with Gasteiger partial charge in [0.15, 0.2) is 0 Å². The molecule has 1 aliphatic heterocycles. The van der Waals surface area contributed by atoms with Gasteiger partial charge in [-0.2, -0.15) is 0 Å². The molecule has 1 atom stereocenters. The normalized spacial score (nSPS) is 18.6. The van der Waals surface area contributed by atoms with Crippen molar-refractivity contribution in [3.63, 3.8) is 0 Å². The van der Waals surface area contributed by atoms with Crippen LogP contribution in [0.15, 0.2) is 11.4 Å². The zero-order chi connectivity index (χ0) is 13.8. The van der Waals surface area contributed by atoms with Crippen molar-refractivity contribution in [2.75, 3.05) is 13.2 Å². The fourth-order valence-corrected chi connectivity index (χ4v) is 3.38. The summed E-state index contributed by atoms with van der Waals surface area (Å²) in [5.41, 5.74) is 1.06. The molecule has 1 amide bonds. The van der Waals surface area contributed by atoms with Crippen molar-refractivity contribution in [1.82, 2.24) is 4.90 Å². The first-order valence-electron chi connectivity index (χ1n) is 6.73. The molecule has 0 saturated carbocycles. The van der Waals surface area contributed by atoms with Crippen molar-refractivity contribution in [3.8, 4) is 0 Å². The maximum absolute atomic E-state index is 12.5. The van der Waals surface area contributed by atoms with E-state index in [-0.39, 0.29) is 11.9 Å². The van der Waals surface area contributed by atoms with Gasteiger partial charge in [0.25, 0.3) is 5.91 Å². The van der Waals surface area contributed by atoms with Crippen LogP contribution in [0.1, 0.15) is 41.9 Å². The lowest BCUT2D eigenvalue weighted by Gasteiger charge is -2.23. The molecule has 0 bridgehead atoms. The number of nitrogens with zero attached hydrogens (tertiary/aromatic N) is 1. The van der Waals surface area contributed by atoms with Gasteiger partial charge in [-0.1, -0.05) is 6.92 Å². The third kappa shape index (κ3) is 2.81. The van der Waals surface area contributed by atoms with E-state index in [1.54, 1.807) is 11.8 Å². The average molecular weight is 281 g/mol. The van der Waals surface area contributed by atoms with E-state index < -0.39 is 6.04 Å². The molecule has 1 fully saturated rings. The minimum atomic E-state index is -0.403. The molecular formula is C14H19NO3S. The number of esters is 1. The second-order valence-electron chi connectivity index (χ2n) is 4.54. The minimum Gasteiger partial charge on any atom is -0.464 e. The molecule has 1 aromatic heterocycles. The molecule has 19 heavy (non-hydrogen) atoms. The molecule has 0 aliphatic carbocycles. The first-order chi connectivity index (χ1) is 9.19. The van der Waals surface area contributed by atoms with Gasteiger partial charge in [-0.05, 0) is 43.2 Å². The van der Waals surface area contributed by atoms with Crippen LogP contribution in [0.4, 0.5) is 0 Å². The van der Waals surface area contributed by atoms with E-state index in [4.69, 9.17) is 4.74 Å². The Morgan fingerprint density at radius 2 is 2.26 bits per heavy atom. The van der Waals surface area contributed by atoms with Gasteiger partial charge in [0.05, 0.1) is 11.5 Å². The van der Waals surface area contributed by atoms with Gasteiger partial charge in [0, 0.05) is 6.54 Å². The minimum absolute atomic E-state index is 0.0256. The van der Waals surface area contributed by atoms with E-state index >= 15 is 0 Å². The molecule has 1 aromatic rings. The van der Waals surface area contributed by atoms with Crippen LogP contribution < -0.4 is 0 Å². The molecule has 0 N–H and O–H groups in total. The van der Waals surface area contributed by atoms with Crippen molar-refractivity contribution in [3.05, 3.63) is 21.9 Å². The molecule has 2 heterocycles. The van der Waals surface area contributed by atoms with E-state index in [9.17, 15) is 9.59 Å². The second kappa shape index (κ2) is 6.19. The Bertz CT molecular complexity index is 469. The largest absolute Gasteiger partial charge is 0.464 e. The maximum atomic E-state index is 12.5. The van der Waals surface area contributed by atoms with E-state index in [1.807, 2.05) is 18.4 Å².